The molecule has 2 unspecified atom stereocenters. The number of hydrogen-bond donors (Lipinski definition) is 2. The maximum absolute atomic E-state index is 12.3. The minimum absolute atomic E-state index is 0.0778. The minimum atomic E-state index is -0.206. The molecule has 3 nitrogen and oxygen atoms in total. The van der Waals surface area contributed by atoms with Gasteiger partial charge in [0.2, 0.25) is 5.91 Å². The highest BCUT2D eigenvalue weighted by Crippen LogP contribution is 2.57. The smallest absolute Gasteiger partial charge is 0.228 e. The molecule has 1 aromatic rings. The van der Waals surface area contributed by atoms with Gasteiger partial charge in [0.05, 0.1) is 5.69 Å². The highest BCUT2D eigenvalue weighted by atomic mass is 35.5. The first kappa shape index (κ1) is 13.5. The lowest BCUT2D eigenvalue weighted by molar-refractivity contribution is -0.118. The van der Waals surface area contributed by atoms with Gasteiger partial charge in [-0.3, -0.25) is 4.79 Å². The van der Waals surface area contributed by atoms with Crippen LogP contribution in [-0.2, 0) is 4.79 Å². The van der Waals surface area contributed by atoms with E-state index in [4.69, 9.17) is 16.7 Å². The zero-order valence-corrected chi connectivity index (χ0v) is 11.8. The van der Waals surface area contributed by atoms with E-state index in [1.807, 2.05) is 0 Å². The Kier molecular flexibility index (Phi) is 3.69. The fourth-order valence-electron chi connectivity index (χ4n) is 3.29. The van der Waals surface area contributed by atoms with Crippen LogP contribution in [0.1, 0.15) is 24.8 Å². The lowest BCUT2D eigenvalue weighted by atomic mass is 10.1. The number of nitrogens with one attached hydrogen (secondary N) is 1. The Balaban J connectivity index is 1.76. The van der Waals surface area contributed by atoms with Crippen molar-refractivity contribution in [2.45, 2.75) is 19.3 Å². The van der Waals surface area contributed by atoms with E-state index in [2.05, 4.69) is 17.2 Å². The normalized spacial score (nSPS) is 26.4. The third-order valence-electron chi connectivity index (χ3n) is 4.25. The van der Waals surface area contributed by atoms with Crippen molar-refractivity contribution < 1.29 is 9.90 Å². The summed E-state index contributed by atoms with van der Waals surface area (Å²) in [6.45, 7) is -0.206. The van der Waals surface area contributed by atoms with Gasteiger partial charge in [0.1, 0.15) is 6.61 Å². The molecule has 0 bridgehead atoms. The van der Waals surface area contributed by atoms with Crippen molar-refractivity contribution in [2.75, 3.05) is 11.9 Å². The Bertz CT molecular complexity index is 592. The number of fused-ring (bicyclic) bond motifs is 1. The van der Waals surface area contributed by atoms with E-state index in [9.17, 15) is 4.79 Å². The Hall–Kier alpha value is -1.50. The maximum atomic E-state index is 12.3. The highest BCUT2D eigenvalue weighted by molar-refractivity contribution is 6.31. The predicted molar refractivity (Wildman–Crippen MR) is 78.4 cm³/mol. The number of benzene rings is 1. The first-order valence-electron chi connectivity index (χ1n) is 6.91. The second-order valence-electron chi connectivity index (χ2n) is 5.42. The number of rotatable bonds is 2. The number of hydrogen-bond acceptors (Lipinski definition) is 2. The van der Waals surface area contributed by atoms with Crippen LogP contribution < -0.4 is 5.32 Å². The van der Waals surface area contributed by atoms with Crippen molar-refractivity contribution in [2.24, 2.45) is 17.8 Å². The Labute approximate surface area is 123 Å². The van der Waals surface area contributed by atoms with Crippen molar-refractivity contribution in [1.29, 1.82) is 0 Å². The maximum Gasteiger partial charge on any atom is 0.228 e. The van der Waals surface area contributed by atoms with E-state index in [0.717, 1.165) is 0 Å². The monoisotopic (exact) mass is 289 g/mol. The fourth-order valence-corrected chi connectivity index (χ4v) is 3.46. The van der Waals surface area contributed by atoms with Crippen LogP contribution in [0, 0.1) is 29.6 Å². The Morgan fingerprint density at radius 3 is 2.85 bits per heavy atom. The molecule has 2 aliphatic carbocycles. The lowest BCUT2D eigenvalue weighted by Crippen LogP contribution is -2.17. The summed E-state index contributed by atoms with van der Waals surface area (Å²) in [7, 11) is 0. The first-order valence-corrected chi connectivity index (χ1v) is 7.28. The van der Waals surface area contributed by atoms with Crippen LogP contribution in [-0.4, -0.2) is 17.6 Å². The topological polar surface area (TPSA) is 49.3 Å². The zero-order valence-electron chi connectivity index (χ0n) is 11.0. The largest absolute Gasteiger partial charge is 0.384 e. The molecule has 0 radical (unpaired) electrons. The molecule has 0 aliphatic heterocycles. The number of aliphatic hydroxyl groups is 1. The number of aliphatic hydroxyl groups excluding tert-OH is 1. The summed E-state index contributed by atoms with van der Waals surface area (Å²) in [5.41, 5.74) is 1.32. The predicted octanol–water partition coefficient (Wildman–Crippen LogP) is 2.67. The minimum Gasteiger partial charge on any atom is -0.384 e. The average Bonchev–Trinajstić information content (AvgIpc) is 2.92. The molecule has 2 atom stereocenters. The summed E-state index contributed by atoms with van der Waals surface area (Å²) in [6, 6.07) is 5.19. The molecule has 0 saturated heterocycles. The van der Waals surface area contributed by atoms with Gasteiger partial charge in [-0.2, -0.15) is 0 Å². The van der Waals surface area contributed by atoms with E-state index >= 15 is 0 Å². The van der Waals surface area contributed by atoms with Crippen LogP contribution in [0.4, 0.5) is 5.69 Å². The molecule has 2 fully saturated rings. The van der Waals surface area contributed by atoms with Crippen molar-refractivity contribution in [3.05, 3.63) is 28.8 Å². The molecule has 2 aliphatic rings. The Morgan fingerprint density at radius 1 is 1.40 bits per heavy atom. The van der Waals surface area contributed by atoms with Crippen LogP contribution in [0.2, 0.25) is 5.02 Å². The summed E-state index contributed by atoms with van der Waals surface area (Å²) in [5, 5.41) is 12.3. The molecular weight excluding hydrogens is 274 g/mol. The van der Waals surface area contributed by atoms with E-state index in [1.165, 1.54) is 19.3 Å². The van der Waals surface area contributed by atoms with E-state index < -0.39 is 0 Å². The van der Waals surface area contributed by atoms with Crippen LogP contribution in [0.15, 0.2) is 18.2 Å². The highest BCUT2D eigenvalue weighted by Gasteiger charge is 2.56. The first-order chi connectivity index (χ1) is 9.70. The van der Waals surface area contributed by atoms with Gasteiger partial charge >= 0.3 is 0 Å². The summed E-state index contributed by atoms with van der Waals surface area (Å²) in [4.78, 5) is 12.3. The fraction of sp³-hybridized carbons (Fsp3) is 0.438. The van der Waals surface area contributed by atoms with E-state index in [0.29, 0.717) is 28.1 Å². The number of anilines is 1. The van der Waals surface area contributed by atoms with Crippen LogP contribution in [0.25, 0.3) is 0 Å². The quantitative estimate of drug-likeness (QED) is 0.823. The molecule has 1 aromatic carbocycles. The molecule has 0 heterocycles. The van der Waals surface area contributed by atoms with Gasteiger partial charge in [-0.05, 0) is 42.9 Å². The SMILES string of the molecule is O=C(Nc1cc(Cl)ccc1C#CCO)C1C2CCCC21. The lowest BCUT2D eigenvalue weighted by Gasteiger charge is -2.09. The second-order valence-corrected chi connectivity index (χ2v) is 5.86. The van der Waals surface area contributed by atoms with Gasteiger partial charge in [0.15, 0.2) is 0 Å². The molecule has 1 amide bonds. The molecule has 3 rings (SSSR count). The molecule has 2 N–H and O–H groups in total. The summed E-state index contributed by atoms with van der Waals surface area (Å²) < 4.78 is 0. The molecule has 2 saturated carbocycles. The summed E-state index contributed by atoms with van der Waals surface area (Å²) in [5.74, 6) is 6.84. The zero-order chi connectivity index (χ0) is 14.1. The van der Waals surface area contributed by atoms with Crippen molar-refractivity contribution in [1.82, 2.24) is 0 Å². The third-order valence-corrected chi connectivity index (χ3v) is 4.49. The van der Waals surface area contributed by atoms with Gasteiger partial charge in [-0.1, -0.05) is 29.9 Å². The van der Waals surface area contributed by atoms with Gasteiger partial charge in [-0.25, -0.2) is 0 Å². The molecule has 0 spiro atoms. The average molecular weight is 290 g/mol. The number of amides is 1. The molecule has 0 aromatic heterocycles. The third kappa shape index (κ3) is 2.54. The molecule has 104 valence electrons. The van der Waals surface area contributed by atoms with E-state index in [-0.39, 0.29) is 18.4 Å². The standard InChI is InChI=1S/C16H16ClNO2/c17-11-7-6-10(3-2-8-19)14(9-11)18-16(20)15-12-4-1-5-13(12)15/h6-7,9,12-13,15,19H,1,4-5,8H2,(H,18,20). The van der Waals surface area contributed by atoms with Crippen LogP contribution in [0.5, 0.6) is 0 Å². The second kappa shape index (κ2) is 5.47. The molecule has 4 heteroatoms. The number of carbonyl (C=O) groups is 1. The molecule has 20 heavy (non-hydrogen) atoms. The van der Waals surface area contributed by atoms with Crippen molar-refractivity contribution in [3.63, 3.8) is 0 Å². The van der Waals surface area contributed by atoms with Gasteiger partial charge < -0.3 is 10.4 Å². The van der Waals surface area contributed by atoms with Crippen LogP contribution in [0.3, 0.4) is 0 Å². The van der Waals surface area contributed by atoms with Gasteiger partial charge in [0, 0.05) is 16.5 Å². The van der Waals surface area contributed by atoms with E-state index in [1.54, 1.807) is 18.2 Å². The van der Waals surface area contributed by atoms with Crippen molar-refractivity contribution >= 4 is 23.2 Å². The number of halogens is 1. The number of carbonyl (C=O) groups excluding carboxylic acids is 1. The van der Waals surface area contributed by atoms with Crippen LogP contribution >= 0.6 is 11.6 Å². The van der Waals surface area contributed by atoms with Crippen molar-refractivity contribution in [3.8, 4) is 11.8 Å². The summed E-state index contributed by atoms with van der Waals surface area (Å²) >= 11 is 5.98. The van der Waals surface area contributed by atoms with Gasteiger partial charge in [-0.15, -0.1) is 0 Å². The summed E-state index contributed by atoms with van der Waals surface area (Å²) in [6.07, 6.45) is 3.61. The van der Waals surface area contributed by atoms with Gasteiger partial charge in [0.25, 0.3) is 0 Å². The molecular formula is C16H16ClNO2. The Morgan fingerprint density at radius 2 is 2.15 bits per heavy atom.